The lowest BCUT2D eigenvalue weighted by atomic mass is 10.0. The molecule has 2 fully saturated rings. The maximum Gasteiger partial charge on any atom is 0.408 e. The molecule has 2 aliphatic heterocycles. The van der Waals surface area contributed by atoms with Gasteiger partial charge in [0.1, 0.15) is 58.1 Å². The number of piperidine rings is 2. The number of Topliss-reactive ketones (excluding diaryl/α,β-unsaturated/α-hetero) is 2. The number of nitrogens with one attached hydrogen (secondary N) is 6. The molecule has 2 rings (SSSR count). The topological polar surface area (TPSA) is 298 Å². The Hall–Kier alpha value is -5.70. The van der Waals surface area contributed by atoms with E-state index in [-0.39, 0.29) is 61.1 Å². The van der Waals surface area contributed by atoms with E-state index in [1.165, 1.54) is 28.1 Å². The molecule has 22 heteroatoms. The van der Waals surface area contributed by atoms with Crippen LogP contribution in [-0.2, 0) is 57.2 Å². The lowest BCUT2D eigenvalue weighted by Crippen LogP contribution is -2.53. The standard InChI is InChI=1S/2C12H21NO5.2C11H20N2O3/c2*1-8(14)6-7-9(10(15)17-5)13-11(16)18-12(2,3)4;2*1-7-5-6-8(9(14)12-7)13-10(15)16-11(2,3)4/h2*9H,6-7H2,1-5H3,(H,13,16);2*7-8H,5-6H2,1-4H3,(H,12,14)(H,13,15)/t;;2*7-,8?/m..00/s1. The fourth-order valence-corrected chi connectivity index (χ4v) is 5.48. The van der Waals surface area contributed by atoms with Gasteiger partial charge in [-0.05, 0) is 149 Å². The van der Waals surface area contributed by atoms with Crippen molar-refractivity contribution in [3.8, 4) is 0 Å². The maximum absolute atomic E-state index is 11.5. The first kappa shape index (κ1) is 64.4. The first-order valence-electron chi connectivity index (χ1n) is 22.6. The SMILES string of the molecule is COC(=O)C(CCC(C)=O)NC(=O)OC(C)(C)C.COC(=O)C(CCC(C)=O)NC(=O)OC(C)(C)C.C[C@H]1CCC(NC(=O)OC(C)(C)C)C(=O)N1.C[C@H]1CCC(NC(=O)OC(C)(C)C)C(=O)N1. The molecule has 0 aromatic carbocycles. The summed E-state index contributed by atoms with van der Waals surface area (Å²) in [5.41, 5.74) is -2.37. The van der Waals surface area contributed by atoms with Crippen LogP contribution in [0.3, 0.4) is 0 Å². The number of rotatable bonds is 12. The van der Waals surface area contributed by atoms with Crippen LogP contribution in [0, 0.1) is 0 Å². The minimum Gasteiger partial charge on any atom is -0.467 e. The molecular weight excluding hydrogens is 893 g/mol. The highest BCUT2D eigenvalue weighted by Gasteiger charge is 2.31. The Labute approximate surface area is 402 Å². The average molecular weight is 975 g/mol. The molecule has 6 N–H and O–H groups in total. The van der Waals surface area contributed by atoms with Crippen LogP contribution in [-0.4, -0.2) is 133 Å². The highest BCUT2D eigenvalue weighted by Crippen LogP contribution is 2.14. The lowest BCUT2D eigenvalue weighted by Gasteiger charge is -2.28. The Morgan fingerprint density at radius 1 is 0.500 bits per heavy atom. The van der Waals surface area contributed by atoms with Crippen LogP contribution >= 0.6 is 0 Å². The number of esters is 2. The lowest BCUT2D eigenvalue weighted by molar-refractivity contribution is -0.144. The van der Waals surface area contributed by atoms with Crippen molar-refractivity contribution >= 4 is 59.7 Å². The van der Waals surface area contributed by atoms with Crippen LogP contribution in [0.25, 0.3) is 0 Å². The van der Waals surface area contributed by atoms with E-state index in [1.54, 1.807) is 83.1 Å². The monoisotopic (exact) mass is 975 g/mol. The molecule has 6 atom stereocenters. The van der Waals surface area contributed by atoms with Crippen molar-refractivity contribution in [1.82, 2.24) is 31.9 Å². The third-order valence-corrected chi connectivity index (χ3v) is 8.49. The molecule has 6 amide bonds. The third-order valence-electron chi connectivity index (χ3n) is 8.49. The van der Waals surface area contributed by atoms with Crippen LogP contribution in [0.4, 0.5) is 19.2 Å². The van der Waals surface area contributed by atoms with E-state index in [0.29, 0.717) is 12.8 Å². The molecule has 0 aromatic rings. The van der Waals surface area contributed by atoms with E-state index in [2.05, 4.69) is 41.4 Å². The van der Waals surface area contributed by atoms with Gasteiger partial charge in [0.05, 0.1) is 14.2 Å². The van der Waals surface area contributed by atoms with Crippen molar-refractivity contribution in [2.45, 2.75) is 221 Å². The third kappa shape index (κ3) is 34.6. The van der Waals surface area contributed by atoms with E-state index < -0.39 is 82.9 Å². The van der Waals surface area contributed by atoms with Gasteiger partial charge in [-0.1, -0.05) is 0 Å². The minimum absolute atomic E-state index is 0.0603. The second kappa shape index (κ2) is 29.9. The molecule has 4 unspecified atom stereocenters. The summed E-state index contributed by atoms with van der Waals surface area (Å²) < 4.78 is 29.3. The smallest absolute Gasteiger partial charge is 0.408 e. The van der Waals surface area contributed by atoms with Crippen molar-refractivity contribution < 1.29 is 76.4 Å². The zero-order chi connectivity index (χ0) is 53.4. The quantitative estimate of drug-likeness (QED) is 0.108. The first-order valence-corrected chi connectivity index (χ1v) is 22.6. The van der Waals surface area contributed by atoms with Crippen molar-refractivity contribution in [2.24, 2.45) is 0 Å². The Kier molecular flexibility index (Phi) is 28.3. The average Bonchev–Trinajstić information content (AvgIpc) is 3.14. The summed E-state index contributed by atoms with van der Waals surface area (Å²) in [6.45, 7) is 27.8. The fraction of sp³-hybridized carbons (Fsp3) is 0.783. The number of hydrogen-bond donors (Lipinski definition) is 6. The van der Waals surface area contributed by atoms with E-state index in [0.717, 1.165) is 12.8 Å². The Morgan fingerprint density at radius 3 is 0.985 bits per heavy atom. The van der Waals surface area contributed by atoms with E-state index in [9.17, 15) is 47.9 Å². The van der Waals surface area contributed by atoms with Gasteiger partial charge in [0.25, 0.3) is 0 Å². The minimum atomic E-state index is -0.867. The molecule has 0 aliphatic carbocycles. The maximum atomic E-state index is 11.5. The molecule has 22 nitrogen and oxygen atoms in total. The van der Waals surface area contributed by atoms with E-state index >= 15 is 0 Å². The largest absolute Gasteiger partial charge is 0.467 e. The number of carbonyl (C=O) groups excluding carboxylic acids is 10. The molecule has 0 spiro atoms. The molecule has 68 heavy (non-hydrogen) atoms. The molecule has 0 aromatic heterocycles. The van der Waals surface area contributed by atoms with Gasteiger partial charge in [0.2, 0.25) is 11.8 Å². The van der Waals surface area contributed by atoms with E-state index in [4.69, 9.17) is 18.9 Å². The van der Waals surface area contributed by atoms with Crippen LogP contribution in [0.15, 0.2) is 0 Å². The van der Waals surface area contributed by atoms with Crippen LogP contribution < -0.4 is 31.9 Å². The highest BCUT2D eigenvalue weighted by atomic mass is 16.6. The summed E-state index contributed by atoms with van der Waals surface area (Å²) in [5.74, 6) is -1.58. The zero-order valence-corrected chi connectivity index (χ0v) is 43.7. The van der Waals surface area contributed by atoms with Gasteiger partial charge < -0.3 is 69.9 Å². The predicted molar refractivity (Wildman–Crippen MR) is 250 cm³/mol. The molecule has 0 radical (unpaired) electrons. The van der Waals surface area contributed by atoms with Crippen molar-refractivity contribution in [3.05, 3.63) is 0 Å². The summed E-state index contributed by atoms with van der Waals surface area (Å²) >= 11 is 0. The summed E-state index contributed by atoms with van der Waals surface area (Å²) in [4.78, 5) is 114. The molecule has 0 bridgehead atoms. The van der Waals surface area contributed by atoms with Crippen molar-refractivity contribution in [3.63, 3.8) is 0 Å². The first-order chi connectivity index (χ1) is 30.9. The van der Waals surface area contributed by atoms with Crippen molar-refractivity contribution in [2.75, 3.05) is 14.2 Å². The van der Waals surface area contributed by atoms with Gasteiger partial charge in [-0.3, -0.25) is 9.59 Å². The summed E-state index contributed by atoms with van der Waals surface area (Å²) in [5, 5.41) is 15.5. The number of methoxy groups -OCH3 is 2. The van der Waals surface area contributed by atoms with Crippen molar-refractivity contribution in [1.29, 1.82) is 0 Å². The Balaban J connectivity index is 0. The second-order valence-corrected chi connectivity index (χ2v) is 20.3. The Bertz CT molecular complexity index is 1570. The van der Waals surface area contributed by atoms with Gasteiger partial charge in [-0.25, -0.2) is 28.8 Å². The highest BCUT2D eigenvalue weighted by molar-refractivity contribution is 5.87. The summed E-state index contributed by atoms with van der Waals surface area (Å²) in [6.07, 6.45) is 1.33. The number of alkyl carbamates (subject to hydrolysis) is 4. The number of carbonyl (C=O) groups is 10. The molecule has 2 aliphatic rings. The zero-order valence-electron chi connectivity index (χ0n) is 43.7. The molecule has 0 saturated carbocycles. The number of ketones is 2. The molecular formula is C46H82N6O16. The summed E-state index contributed by atoms with van der Waals surface area (Å²) in [6, 6.07) is -2.30. The van der Waals surface area contributed by atoms with Gasteiger partial charge in [-0.15, -0.1) is 0 Å². The van der Waals surface area contributed by atoms with Gasteiger partial charge in [0.15, 0.2) is 0 Å². The van der Waals surface area contributed by atoms with E-state index in [1.807, 2.05) is 13.8 Å². The normalized spacial score (nSPS) is 18.8. The summed E-state index contributed by atoms with van der Waals surface area (Å²) in [7, 11) is 2.44. The predicted octanol–water partition coefficient (Wildman–Crippen LogP) is 5.20. The number of hydrogen-bond acceptors (Lipinski definition) is 16. The molecule has 2 saturated heterocycles. The fourth-order valence-electron chi connectivity index (χ4n) is 5.48. The van der Waals surface area contributed by atoms with Crippen LogP contribution in [0.1, 0.15) is 162 Å². The second-order valence-electron chi connectivity index (χ2n) is 20.3. The van der Waals surface area contributed by atoms with Crippen LogP contribution in [0.5, 0.6) is 0 Å². The van der Waals surface area contributed by atoms with Crippen LogP contribution in [0.2, 0.25) is 0 Å². The van der Waals surface area contributed by atoms with Gasteiger partial charge in [-0.2, -0.15) is 0 Å². The molecule has 392 valence electrons. The molecule has 2 heterocycles. The van der Waals surface area contributed by atoms with Gasteiger partial charge in [0, 0.05) is 24.9 Å². The van der Waals surface area contributed by atoms with Gasteiger partial charge >= 0.3 is 36.3 Å². The Morgan fingerprint density at radius 2 is 0.765 bits per heavy atom. The number of amides is 6. The number of ether oxygens (including phenoxy) is 6.